The third-order valence-electron chi connectivity index (χ3n) is 6.02. The highest BCUT2D eigenvalue weighted by Crippen LogP contribution is 2.32. The number of nitriles is 1. The van der Waals surface area contributed by atoms with Gasteiger partial charge in [-0.3, -0.25) is 14.3 Å². The van der Waals surface area contributed by atoms with Crippen molar-refractivity contribution in [1.82, 2.24) is 29.7 Å². The number of hydrogen-bond acceptors (Lipinski definition) is 10. The van der Waals surface area contributed by atoms with Crippen molar-refractivity contribution in [3.05, 3.63) is 54.1 Å². The number of nitrogens with two attached hydrogens (primary N) is 1. The number of nitrogens with zero attached hydrogens (tertiary/aromatic N) is 6. The van der Waals surface area contributed by atoms with Gasteiger partial charge in [0.25, 0.3) is 0 Å². The van der Waals surface area contributed by atoms with E-state index in [0.717, 1.165) is 5.56 Å². The Hall–Kier alpha value is -3.60. The predicted molar refractivity (Wildman–Crippen MR) is 136 cm³/mol. The average Bonchev–Trinajstić information content (AvgIpc) is 3.46. The summed E-state index contributed by atoms with van der Waals surface area (Å²) in [5.41, 5.74) is 8.12. The molecule has 1 amide bonds. The standard InChI is InChI=1S/C24H27ClN8O4/c25-10-18(34)28-7-9-32(8-1-2-15-3-5-16(11-26)6-4-15)12-17-20(35)21(36)24(37-17)33-14-31-19-22(27)29-13-30-23(19)33/h1-6,13-14,17,20-21,24,35-36H,7-10,12H2,(H,28,34)(H2,27,29,30)/b2-1+/t17-,20-,21-,24-/m1/s1. The van der Waals surface area contributed by atoms with Gasteiger partial charge < -0.3 is 26.0 Å². The molecule has 1 fully saturated rings. The second-order valence-electron chi connectivity index (χ2n) is 8.51. The summed E-state index contributed by atoms with van der Waals surface area (Å²) in [6.45, 7) is 1.54. The van der Waals surface area contributed by atoms with Gasteiger partial charge in [-0.05, 0) is 17.7 Å². The number of nitrogen functional groups attached to an aromatic ring is 1. The van der Waals surface area contributed by atoms with E-state index in [1.165, 1.54) is 17.2 Å². The van der Waals surface area contributed by atoms with Crippen molar-refractivity contribution >= 4 is 40.6 Å². The lowest BCUT2D eigenvalue weighted by molar-refractivity contribution is -0.118. The Balaban J connectivity index is 1.45. The van der Waals surface area contributed by atoms with E-state index in [-0.39, 0.29) is 24.1 Å². The first-order valence-corrected chi connectivity index (χ1v) is 12.1. The molecule has 3 heterocycles. The molecule has 194 valence electrons. The molecule has 3 aromatic rings. The topological polar surface area (TPSA) is 175 Å². The number of hydrogen-bond donors (Lipinski definition) is 4. The zero-order chi connectivity index (χ0) is 26.4. The fourth-order valence-electron chi connectivity index (χ4n) is 4.08. The molecule has 1 aromatic carbocycles. The third-order valence-corrected chi connectivity index (χ3v) is 6.26. The van der Waals surface area contributed by atoms with Crippen molar-refractivity contribution in [2.45, 2.75) is 24.5 Å². The Morgan fingerprint density at radius 1 is 1.27 bits per heavy atom. The molecule has 1 saturated heterocycles. The lowest BCUT2D eigenvalue weighted by Gasteiger charge is -2.25. The summed E-state index contributed by atoms with van der Waals surface area (Å²) in [5.74, 6) is -0.215. The molecule has 4 atom stereocenters. The summed E-state index contributed by atoms with van der Waals surface area (Å²) in [6, 6.07) is 9.25. The Morgan fingerprint density at radius 3 is 2.78 bits per heavy atom. The minimum atomic E-state index is -1.23. The number of alkyl halides is 1. The van der Waals surface area contributed by atoms with E-state index in [1.54, 1.807) is 12.1 Å². The molecule has 12 nitrogen and oxygen atoms in total. The summed E-state index contributed by atoms with van der Waals surface area (Å²) in [4.78, 5) is 25.8. The summed E-state index contributed by atoms with van der Waals surface area (Å²) >= 11 is 5.57. The number of halogens is 1. The van der Waals surface area contributed by atoms with E-state index in [9.17, 15) is 15.0 Å². The SMILES string of the molecule is N#Cc1ccc(/C=C/CN(CCNC(=O)CCl)C[C@H]2O[C@@H](n3cnc4c(N)ncnc43)[C@H](O)[C@@H]2O)cc1. The largest absolute Gasteiger partial charge is 0.387 e. The number of aliphatic hydroxyl groups excluding tert-OH is 2. The number of aromatic nitrogens is 4. The van der Waals surface area contributed by atoms with Crippen LogP contribution in [-0.4, -0.2) is 90.9 Å². The molecule has 0 aliphatic carbocycles. The van der Waals surface area contributed by atoms with Crippen LogP contribution in [0.1, 0.15) is 17.4 Å². The molecule has 0 unspecified atom stereocenters. The number of fused-ring (bicyclic) bond motifs is 1. The number of carbonyl (C=O) groups is 1. The number of ether oxygens (including phenoxy) is 1. The van der Waals surface area contributed by atoms with Gasteiger partial charge in [0.15, 0.2) is 17.7 Å². The summed E-state index contributed by atoms with van der Waals surface area (Å²) in [7, 11) is 0. The first-order chi connectivity index (χ1) is 17.9. The number of nitrogens with one attached hydrogen (secondary N) is 1. The molecule has 5 N–H and O–H groups in total. The number of rotatable bonds is 10. The molecule has 1 aliphatic heterocycles. The number of benzene rings is 1. The quantitative estimate of drug-likeness (QED) is 0.268. The summed E-state index contributed by atoms with van der Waals surface area (Å²) < 4.78 is 7.59. The van der Waals surface area contributed by atoms with Crippen LogP contribution in [0.5, 0.6) is 0 Å². The Bertz CT molecular complexity index is 1290. The lowest BCUT2D eigenvalue weighted by atomic mass is 10.1. The van der Waals surface area contributed by atoms with E-state index in [2.05, 4.69) is 26.3 Å². The molecular weight excluding hydrogens is 500 g/mol. The van der Waals surface area contributed by atoms with E-state index in [1.807, 2.05) is 29.2 Å². The van der Waals surface area contributed by atoms with E-state index >= 15 is 0 Å². The highest BCUT2D eigenvalue weighted by atomic mass is 35.5. The Kier molecular flexibility index (Phi) is 8.65. The van der Waals surface area contributed by atoms with Gasteiger partial charge in [-0.25, -0.2) is 15.0 Å². The number of anilines is 1. The average molecular weight is 527 g/mol. The maximum absolute atomic E-state index is 11.6. The highest BCUT2D eigenvalue weighted by Gasteiger charge is 2.44. The van der Waals surface area contributed by atoms with Gasteiger partial charge in [0.1, 0.15) is 36.0 Å². The number of amides is 1. The minimum absolute atomic E-state index is 0.135. The Morgan fingerprint density at radius 2 is 2.05 bits per heavy atom. The van der Waals surface area contributed by atoms with Crippen LogP contribution in [0.2, 0.25) is 0 Å². The molecule has 1 aliphatic rings. The zero-order valence-electron chi connectivity index (χ0n) is 19.8. The molecule has 37 heavy (non-hydrogen) atoms. The molecule has 0 radical (unpaired) electrons. The maximum atomic E-state index is 11.6. The van der Waals surface area contributed by atoms with Crippen LogP contribution in [0.3, 0.4) is 0 Å². The molecular formula is C24H27ClN8O4. The zero-order valence-corrected chi connectivity index (χ0v) is 20.6. The maximum Gasteiger partial charge on any atom is 0.234 e. The predicted octanol–water partition coefficient (Wildman–Crippen LogP) is 0.270. The molecule has 4 rings (SSSR count). The second kappa shape index (κ2) is 12.1. The van der Waals surface area contributed by atoms with Crippen molar-refractivity contribution in [2.24, 2.45) is 0 Å². The Labute approximate surface area is 218 Å². The minimum Gasteiger partial charge on any atom is -0.387 e. The molecule has 13 heteroatoms. The second-order valence-corrected chi connectivity index (χ2v) is 8.78. The summed E-state index contributed by atoms with van der Waals surface area (Å²) in [5, 5.41) is 33.2. The number of imidazole rings is 1. The van der Waals surface area contributed by atoms with Gasteiger partial charge in [0.05, 0.1) is 18.0 Å². The van der Waals surface area contributed by atoms with E-state index in [0.29, 0.717) is 36.4 Å². The van der Waals surface area contributed by atoms with E-state index < -0.39 is 24.5 Å². The van der Waals surface area contributed by atoms with Crippen LogP contribution >= 0.6 is 11.6 Å². The normalized spacial score (nSPS) is 21.6. The smallest absolute Gasteiger partial charge is 0.234 e. The van der Waals surface area contributed by atoms with Crippen LogP contribution in [0.15, 0.2) is 43.0 Å². The first kappa shape index (κ1) is 26.5. The molecule has 0 spiro atoms. The van der Waals surface area contributed by atoms with Crippen molar-refractivity contribution < 1.29 is 19.7 Å². The van der Waals surface area contributed by atoms with Crippen LogP contribution in [0.25, 0.3) is 17.2 Å². The van der Waals surface area contributed by atoms with Gasteiger partial charge in [0, 0.05) is 26.2 Å². The molecule has 2 aromatic heterocycles. The molecule has 0 saturated carbocycles. The summed E-state index contributed by atoms with van der Waals surface area (Å²) in [6.07, 6.45) is 2.52. The fourth-order valence-corrected chi connectivity index (χ4v) is 4.18. The van der Waals surface area contributed by atoms with Gasteiger partial charge in [0.2, 0.25) is 5.91 Å². The van der Waals surface area contributed by atoms with Gasteiger partial charge in [-0.15, -0.1) is 11.6 Å². The lowest BCUT2D eigenvalue weighted by Crippen LogP contribution is -2.43. The van der Waals surface area contributed by atoms with Gasteiger partial charge >= 0.3 is 0 Å². The number of carbonyl (C=O) groups excluding carboxylic acids is 1. The van der Waals surface area contributed by atoms with Crippen molar-refractivity contribution in [1.29, 1.82) is 5.26 Å². The fraction of sp³-hybridized carbons (Fsp3) is 0.375. The van der Waals surface area contributed by atoms with E-state index in [4.69, 9.17) is 27.3 Å². The van der Waals surface area contributed by atoms with Crippen LogP contribution < -0.4 is 11.1 Å². The van der Waals surface area contributed by atoms with Gasteiger partial charge in [-0.2, -0.15) is 5.26 Å². The monoisotopic (exact) mass is 526 g/mol. The third kappa shape index (κ3) is 6.22. The van der Waals surface area contributed by atoms with Crippen LogP contribution in [0, 0.1) is 11.3 Å². The molecule has 0 bridgehead atoms. The van der Waals surface area contributed by atoms with Crippen LogP contribution in [0.4, 0.5) is 5.82 Å². The van der Waals surface area contributed by atoms with Crippen molar-refractivity contribution in [3.63, 3.8) is 0 Å². The van der Waals surface area contributed by atoms with Crippen LogP contribution in [-0.2, 0) is 9.53 Å². The van der Waals surface area contributed by atoms with Crippen molar-refractivity contribution in [3.8, 4) is 6.07 Å². The first-order valence-electron chi connectivity index (χ1n) is 11.6. The van der Waals surface area contributed by atoms with Crippen molar-refractivity contribution in [2.75, 3.05) is 37.8 Å². The highest BCUT2D eigenvalue weighted by molar-refractivity contribution is 6.27. The van der Waals surface area contributed by atoms with Gasteiger partial charge in [-0.1, -0.05) is 24.3 Å². The number of aliphatic hydroxyl groups is 2.